The lowest BCUT2D eigenvalue weighted by atomic mass is 10.0. The van der Waals surface area contributed by atoms with E-state index in [0.717, 1.165) is 18.4 Å². The fraction of sp³-hybridized carbons (Fsp3) is 0.333. The van der Waals surface area contributed by atoms with Crippen molar-refractivity contribution in [3.05, 3.63) is 71.5 Å². The number of hydrogen-bond acceptors (Lipinski definition) is 1. The molecule has 2 atom stereocenters. The quantitative estimate of drug-likeness (QED) is 0.815. The van der Waals surface area contributed by atoms with Crippen molar-refractivity contribution in [3.8, 4) is 0 Å². The Hall–Kier alpha value is -1.67. The summed E-state index contributed by atoms with van der Waals surface area (Å²) < 4.78 is 13.0. The Kier molecular flexibility index (Phi) is 5.31. The first-order chi connectivity index (χ1) is 9.69. The topological polar surface area (TPSA) is 12.0 Å². The summed E-state index contributed by atoms with van der Waals surface area (Å²) in [6.45, 7) is 4.34. The maximum absolute atomic E-state index is 13.0. The van der Waals surface area contributed by atoms with E-state index in [1.54, 1.807) is 0 Å². The number of halogens is 1. The van der Waals surface area contributed by atoms with Gasteiger partial charge in [-0.25, -0.2) is 4.39 Å². The lowest BCUT2D eigenvalue weighted by molar-refractivity contribution is 0.443. The summed E-state index contributed by atoms with van der Waals surface area (Å²) in [5.41, 5.74) is 2.48. The van der Waals surface area contributed by atoms with Gasteiger partial charge in [-0.2, -0.15) is 0 Å². The molecule has 2 aromatic carbocycles. The van der Waals surface area contributed by atoms with Gasteiger partial charge < -0.3 is 5.32 Å². The molecule has 0 aliphatic carbocycles. The van der Waals surface area contributed by atoms with E-state index in [-0.39, 0.29) is 11.9 Å². The van der Waals surface area contributed by atoms with Gasteiger partial charge in [0.05, 0.1) is 0 Å². The Morgan fingerprint density at radius 1 is 1.00 bits per heavy atom. The van der Waals surface area contributed by atoms with Gasteiger partial charge in [-0.15, -0.1) is 0 Å². The van der Waals surface area contributed by atoms with Crippen molar-refractivity contribution in [3.63, 3.8) is 0 Å². The standard InChI is InChI=1S/C18H22FN/c1-3-18(16-9-11-17(19)12-10-16)20-14(2)13-15-7-5-4-6-8-15/h4-12,14,18,20H,3,13H2,1-2H3. The second-order valence-electron chi connectivity index (χ2n) is 5.27. The molecule has 2 rings (SSSR count). The molecular formula is C18H22FN. The SMILES string of the molecule is CCC(NC(C)Cc1ccccc1)c1ccc(F)cc1. The summed E-state index contributed by atoms with van der Waals surface area (Å²) in [6, 6.07) is 17.9. The molecule has 0 saturated heterocycles. The number of benzene rings is 2. The Balaban J connectivity index is 1.97. The normalized spacial score (nSPS) is 13.9. The van der Waals surface area contributed by atoms with Crippen LogP contribution in [0.25, 0.3) is 0 Å². The van der Waals surface area contributed by atoms with Gasteiger partial charge in [-0.3, -0.25) is 0 Å². The predicted molar refractivity (Wildman–Crippen MR) is 82.2 cm³/mol. The number of nitrogens with one attached hydrogen (secondary N) is 1. The first-order valence-corrected chi connectivity index (χ1v) is 7.24. The van der Waals surface area contributed by atoms with Crippen LogP contribution in [0.4, 0.5) is 4.39 Å². The van der Waals surface area contributed by atoms with Gasteiger partial charge in [0.15, 0.2) is 0 Å². The summed E-state index contributed by atoms with van der Waals surface area (Å²) in [7, 11) is 0. The first-order valence-electron chi connectivity index (χ1n) is 7.24. The Morgan fingerprint density at radius 3 is 2.25 bits per heavy atom. The molecular weight excluding hydrogens is 249 g/mol. The van der Waals surface area contributed by atoms with Crippen molar-refractivity contribution in [2.75, 3.05) is 0 Å². The minimum absolute atomic E-state index is 0.180. The molecule has 0 amide bonds. The minimum atomic E-state index is -0.180. The van der Waals surface area contributed by atoms with E-state index >= 15 is 0 Å². The third kappa shape index (κ3) is 4.17. The summed E-state index contributed by atoms with van der Waals surface area (Å²) in [5.74, 6) is -0.180. The molecule has 1 nitrogen and oxygen atoms in total. The van der Waals surface area contributed by atoms with Crippen LogP contribution in [0.1, 0.15) is 37.4 Å². The van der Waals surface area contributed by atoms with Crippen molar-refractivity contribution in [2.24, 2.45) is 0 Å². The summed E-state index contributed by atoms with van der Waals surface area (Å²) >= 11 is 0. The zero-order valence-electron chi connectivity index (χ0n) is 12.1. The summed E-state index contributed by atoms with van der Waals surface area (Å²) in [6.07, 6.45) is 1.99. The molecule has 2 heteroatoms. The highest BCUT2D eigenvalue weighted by Gasteiger charge is 2.12. The van der Waals surface area contributed by atoms with Crippen LogP contribution in [0, 0.1) is 5.82 Å². The average molecular weight is 271 g/mol. The van der Waals surface area contributed by atoms with Crippen molar-refractivity contribution in [2.45, 2.75) is 38.8 Å². The van der Waals surface area contributed by atoms with E-state index in [2.05, 4.69) is 43.4 Å². The van der Waals surface area contributed by atoms with E-state index < -0.39 is 0 Å². The second-order valence-corrected chi connectivity index (χ2v) is 5.27. The van der Waals surface area contributed by atoms with Crippen LogP contribution in [0.2, 0.25) is 0 Å². The molecule has 2 aromatic rings. The molecule has 0 spiro atoms. The lowest BCUT2D eigenvalue weighted by Crippen LogP contribution is -2.31. The lowest BCUT2D eigenvalue weighted by Gasteiger charge is -2.23. The smallest absolute Gasteiger partial charge is 0.123 e. The maximum Gasteiger partial charge on any atom is 0.123 e. The largest absolute Gasteiger partial charge is 0.307 e. The summed E-state index contributed by atoms with van der Waals surface area (Å²) in [5, 5.41) is 3.63. The first kappa shape index (κ1) is 14.7. The predicted octanol–water partition coefficient (Wildman–Crippen LogP) is 4.50. The van der Waals surface area contributed by atoms with Gasteiger partial charge in [-0.05, 0) is 43.0 Å². The fourth-order valence-electron chi connectivity index (χ4n) is 2.51. The highest BCUT2D eigenvalue weighted by atomic mass is 19.1. The molecule has 2 unspecified atom stereocenters. The highest BCUT2D eigenvalue weighted by molar-refractivity contribution is 5.20. The van der Waals surface area contributed by atoms with Crippen molar-refractivity contribution < 1.29 is 4.39 Å². The maximum atomic E-state index is 13.0. The zero-order valence-corrected chi connectivity index (χ0v) is 12.1. The van der Waals surface area contributed by atoms with Crippen LogP contribution in [-0.2, 0) is 6.42 Å². The van der Waals surface area contributed by atoms with Crippen LogP contribution >= 0.6 is 0 Å². The van der Waals surface area contributed by atoms with Gasteiger partial charge in [0.25, 0.3) is 0 Å². The monoisotopic (exact) mass is 271 g/mol. The van der Waals surface area contributed by atoms with Crippen LogP contribution in [0.5, 0.6) is 0 Å². The molecule has 0 radical (unpaired) electrons. The van der Waals surface area contributed by atoms with Crippen molar-refractivity contribution >= 4 is 0 Å². The van der Waals surface area contributed by atoms with Crippen molar-refractivity contribution in [1.29, 1.82) is 0 Å². The van der Waals surface area contributed by atoms with E-state index in [0.29, 0.717) is 6.04 Å². The van der Waals surface area contributed by atoms with Gasteiger partial charge in [0, 0.05) is 12.1 Å². The fourth-order valence-corrected chi connectivity index (χ4v) is 2.51. The van der Waals surface area contributed by atoms with Gasteiger partial charge in [-0.1, -0.05) is 49.4 Å². The Bertz CT molecular complexity index is 507. The highest BCUT2D eigenvalue weighted by Crippen LogP contribution is 2.18. The molecule has 0 fully saturated rings. The van der Waals surface area contributed by atoms with Gasteiger partial charge in [0.2, 0.25) is 0 Å². The van der Waals surface area contributed by atoms with Crippen LogP contribution < -0.4 is 5.32 Å². The molecule has 1 N–H and O–H groups in total. The molecule has 0 aliphatic heterocycles. The van der Waals surface area contributed by atoms with Crippen LogP contribution in [-0.4, -0.2) is 6.04 Å². The molecule has 106 valence electrons. The minimum Gasteiger partial charge on any atom is -0.307 e. The zero-order chi connectivity index (χ0) is 14.4. The molecule has 0 saturated carbocycles. The van der Waals surface area contributed by atoms with E-state index in [1.807, 2.05) is 18.2 Å². The van der Waals surface area contributed by atoms with Crippen LogP contribution in [0.3, 0.4) is 0 Å². The number of hydrogen-bond donors (Lipinski definition) is 1. The van der Waals surface area contributed by atoms with Gasteiger partial charge >= 0.3 is 0 Å². The van der Waals surface area contributed by atoms with E-state index in [4.69, 9.17) is 0 Å². The average Bonchev–Trinajstić information content (AvgIpc) is 2.47. The Labute approximate surface area is 120 Å². The molecule has 0 heterocycles. The molecule has 0 aliphatic rings. The summed E-state index contributed by atoms with van der Waals surface area (Å²) in [4.78, 5) is 0. The third-order valence-electron chi connectivity index (χ3n) is 3.55. The number of rotatable bonds is 6. The van der Waals surface area contributed by atoms with Gasteiger partial charge in [0.1, 0.15) is 5.82 Å². The van der Waals surface area contributed by atoms with Crippen LogP contribution in [0.15, 0.2) is 54.6 Å². The van der Waals surface area contributed by atoms with Crippen molar-refractivity contribution in [1.82, 2.24) is 5.32 Å². The van der Waals surface area contributed by atoms with E-state index in [9.17, 15) is 4.39 Å². The molecule has 20 heavy (non-hydrogen) atoms. The second kappa shape index (κ2) is 7.20. The third-order valence-corrected chi connectivity index (χ3v) is 3.55. The molecule has 0 aromatic heterocycles. The Morgan fingerprint density at radius 2 is 1.65 bits per heavy atom. The van der Waals surface area contributed by atoms with E-state index in [1.165, 1.54) is 17.7 Å². The molecule has 0 bridgehead atoms.